The minimum atomic E-state index is -0.112. The van der Waals surface area contributed by atoms with E-state index < -0.39 is 0 Å². The molecular formula is C15H22N4O. The van der Waals surface area contributed by atoms with Crippen molar-refractivity contribution in [3.8, 4) is 6.07 Å². The fourth-order valence-corrected chi connectivity index (χ4v) is 2.00. The van der Waals surface area contributed by atoms with Gasteiger partial charge in [0.05, 0.1) is 23.2 Å². The average molecular weight is 274 g/mol. The summed E-state index contributed by atoms with van der Waals surface area (Å²) in [5, 5.41) is 8.97. The number of carbonyl (C=O) groups excluding carboxylic acids is 1. The van der Waals surface area contributed by atoms with E-state index in [0.717, 1.165) is 5.69 Å². The lowest BCUT2D eigenvalue weighted by atomic mass is 10.1. The van der Waals surface area contributed by atoms with Gasteiger partial charge in [-0.3, -0.25) is 4.79 Å². The van der Waals surface area contributed by atoms with E-state index in [1.807, 2.05) is 18.7 Å². The van der Waals surface area contributed by atoms with Crippen molar-refractivity contribution in [1.29, 1.82) is 5.26 Å². The van der Waals surface area contributed by atoms with Gasteiger partial charge in [0.15, 0.2) is 0 Å². The van der Waals surface area contributed by atoms with Gasteiger partial charge < -0.3 is 15.5 Å². The van der Waals surface area contributed by atoms with Crippen LogP contribution < -0.4 is 10.6 Å². The number of nitrogens with zero attached hydrogens (tertiary/aromatic N) is 3. The first-order valence-electron chi connectivity index (χ1n) is 6.66. The summed E-state index contributed by atoms with van der Waals surface area (Å²) in [5.74, 6) is -0.179. The number of anilines is 2. The molecule has 0 bridgehead atoms. The van der Waals surface area contributed by atoms with E-state index in [9.17, 15) is 4.79 Å². The van der Waals surface area contributed by atoms with E-state index in [4.69, 9.17) is 11.0 Å². The molecule has 0 aliphatic carbocycles. The SMILES string of the molecule is CCN(CC(C)C#N)c1cc(N)ccc1C(=O)N(C)C. The standard InChI is InChI=1S/C15H22N4O/c1-5-19(10-11(2)9-16)14-8-12(17)6-7-13(14)15(20)18(3)4/h6-8,11H,5,10,17H2,1-4H3. The number of hydrogen-bond donors (Lipinski definition) is 1. The Morgan fingerprint density at radius 1 is 1.45 bits per heavy atom. The largest absolute Gasteiger partial charge is 0.399 e. The molecule has 0 saturated heterocycles. The van der Waals surface area contributed by atoms with Gasteiger partial charge in [-0.2, -0.15) is 5.26 Å². The molecule has 0 fully saturated rings. The summed E-state index contributed by atoms with van der Waals surface area (Å²) in [7, 11) is 3.44. The van der Waals surface area contributed by atoms with Crippen LogP contribution in [0.25, 0.3) is 0 Å². The van der Waals surface area contributed by atoms with Crippen molar-refractivity contribution >= 4 is 17.3 Å². The third-order valence-electron chi connectivity index (χ3n) is 3.10. The lowest BCUT2D eigenvalue weighted by Crippen LogP contribution is -2.31. The average Bonchev–Trinajstić information content (AvgIpc) is 2.43. The van der Waals surface area contributed by atoms with Crippen LogP contribution >= 0.6 is 0 Å². The summed E-state index contributed by atoms with van der Waals surface area (Å²) in [4.78, 5) is 15.8. The van der Waals surface area contributed by atoms with E-state index in [1.165, 1.54) is 4.90 Å². The molecule has 20 heavy (non-hydrogen) atoms. The molecule has 1 aromatic carbocycles. The van der Waals surface area contributed by atoms with Gasteiger partial charge in [-0.05, 0) is 32.0 Å². The number of benzene rings is 1. The highest BCUT2D eigenvalue weighted by atomic mass is 16.2. The van der Waals surface area contributed by atoms with E-state index in [2.05, 4.69) is 6.07 Å². The van der Waals surface area contributed by atoms with Crippen LogP contribution in [-0.2, 0) is 0 Å². The molecule has 1 amide bonds. The lowest BCUT2D eigenvalue weighted by molar-refractivity contribution is 0.0828. The second-order valence-electron chi connectivity index (χ2n) is 5.04. The van der Waals surface area contributed by atoms with Crippen molar-refractivity contribution in [2.45, 2.75) is 13.8 Å². The van der Waals surface area contributed by atoms with Gasteiger partial charge in [0.25, 0.3) is 5.91 Å². The van der Waals surface area contributed by atoms with Crippen molar-refractivity contribution in [2.75, 3.05) is 37.8 Å². The van der Waals surface area contributed by atoms with E-state index in [-0.39, 0.29) is 11.8 Å². The normalized spacial score (nSPS) is 11.6. The van der Waals surface area contributed by atoms with Crippen LogP contribution in [0.1, 0.15) is 24.2 Å². The van der Waals surface area contributed by atoms with Crippen LogP contribution in [0.4, 0.5) is 11.4 Å². The Kier molecular flexibility index (Phi) is 5.39. The smallest absolute Gasteiger partial charge is 0.255 e. The Balaban J connectivity index is 3.22. The van der Waals surface area contributed by atoms with Crippen LogP contribution in [0.5, 0.6) is 0 Å². The molecule has 0 aliphatic heterocycles. The van der Waals surface area contributed by atoms with Crippen molar-refractivity contribution in [1.82, 2.24) is 4.90 Å². The Morgan fingerprint density at radius 3 is 2.60 bits per heavy atom. The molecule has 0 spiro atoms. The van der Waals surface area contributed by atoms with Crippen molar-refractivity contribution in [2.24, 2.45) is 5.92 Å². The first-order chi connectivity index (χ1) is 9.40. The van der Waals surface area contributed by atoms with Crippen LogP contribution in [0.2, 0.25) is 0 Å². The number of nitrogens with two attached hydrogens (primary N) is 1. The van der Waals surface area contributed by atoms with Gasteiger partial charge in [-0.15, -0.1) is 0 Å². The van der Waals surface area contributed by atoms with Gasteiger partial charge in [0.2, 0.25) is 0 Å². The molecule has 0 aromatic heterocycles. The maximum atomic E-state index is 12.2. The topological polar surface area (TPSA) is 73.4 Å². The molecule has 1 rings (SSSR count). The second-order valence-corrected chi connectivity index (χ2v) is 5.04. The summed E-state index contributed by atoms with van der Waals surface area (Å²) in [6.07, 6.45) is 0. The molecular weight excluding hydrogens is 252 g/mol. The number of amides is 1. The molecule has 5 heteroatoms. The zero-order valence-corrected chi connectivity index (χ0v) is 12.6. The molecule has 1 atom stereocenters. The number of nitrogen functional groups attached to an aromatic ring is 1. The number of carbonyl (C=O) groups is 1. The van der Waals surface area contributed by atoms with Crippen LogP contribution in [0.15, 0.2) is 18.2 Å². The van der Waals surface area contributed by atoms with Crippen molar-refractivity contribution in [3.05, 3.63) is 23.8 Å². The summed E-state index contributed by atoms with van der Waals surface area (Å²) in [5.41, 5.74) is 7.85. The number of hydrogen-bond acceptors (Lipinski definition) is 4. The first-order valence-corrected chi connectivity index (χ1v) is 6.66. The molecule has 0 heterocycles. The third-order valence-corrected chi connectivity index (χ3v) is 3.10. The van der Waals surface area contributed by atoms with E-state index in [0.29, 0.717) is 24.3 Å². The molecule has 108 valence electrons. The van der Waals surface area contributed by atoms with Gasteiger partial charge >= 0.3 is 0 Å². The number of nitriles is 1. The predicted octanol–water partition coefficient (Wildman–Crippen LogP) is 1.96. The Bertz CT molecular complexity index is 519. The summed E-state index contributed by atoms with van der Waals surface area (Å²) >= 11 is 0. The van der Waals surface area contributed by atoms with Crippen LogP contribution in [-0.4, -0.2) is 38.0 Å². The maximum absolute atomic E-state index is 12.2. The third kappa shape index (κ3) is 3.64. The Labute approximate surface area is 120 Å². The zero-order valence-electron chi connectivity index (χ0n) is 12.6. The monoisotopic (exact) mass is 274 g/mol. The van der Waals surface area contributed by atoms with Crippen molar-refractivity contribution < 1.29 is 4.79 Å². The Hall–Kier alpha value is -2.22. The predicted molar refractivity (Wildman–Crippen MR) is 81.5 cm³/mol. The summed E-state index contributed by atoms with van der Waals surface area (Å²) < 4.78 is 0. The lowest BCUT2D eigenvalue weighted by Gasteiger charge is -2.27. The minimum Gasteiger partial charge on any atom is -0.399 e. The number of rotatable bonds is 5. The highest BCUT2D eigenvalue weighted by Crippen LogP contribution is 2.25. The highest BCUT2D eigenvalue weighted by molar-refractivity contribution is 6.00. The van der Waals surface area contributed by atoms with Gasteiger partial charge in [-0.1, -0.05) is 0 Å². The minimum absolute atomic E-state index is 0.0666. The fourth-order valence-electron chi connectivity index (χ4n) is 2.00. The van der Waals surface area contributed by atoms with Crippen LogP contribution in [0, 0.1) is 17.2 Å². The summed E-state index contributed by atoms with van der Waals surface area (Å²) in [6.45, 7) is 5.15. The quantitative estimate of drug-likeness (QED) is 0.833. The van der Waals surface area contributed by atoms with Gasteiger partial charge in [0.1, 0.15) is 0 Å². The van der Waals surface area contributed by atoms with Gasteiger partial charge in [0, 0.05) is 32.9 Å². The first kappa shape index (κ1) is 15.8. The van der Waals surface area contributed by atoms with E-state index in [1.54, 1.807) is 32.3 Å². The molecule has 0 aliphatic rings. The highest BCUT2D eigenvalue weighted by Gasteiger charge is 2.18. The molecule has 5 nitrogen and oxygen atoms in total. The second kappa shape index (κ2) is 6.80. The Morgan fingerprint density at radius 2 is 2.10 bits per heavy atom. The molecule has 1 aromatic rings. The molecule has 0 radical (unpaired) electrons. The zero-order chi connectivity index (χ0) is 15.3. The molecule has 2 N–H and O–H groups in total. The molecule has 1 unspecified atom stereocenters. The van der Waals surface area contributed by atoms with E-state index >= 15 is 0 Å². The van der Waals surface area contributed by atoms with Crippen LogP contribution in [0.3, 0.4) is 0 Å². The van der Waals surface area contributed by atoms with Gasteiger partial charge in [-0.25, -0.2) is 0 Å². The maximum Gasteiger partial charge on any atom is 0.255 e. The molecule has 0 saturated carbocycles. The fraction of sp³-hybridized carbons (Fsp3) is 0.467. The van der Waals surface area contributed by atoms with Crippen molar-refractivity contribution in [3.63, 3.8) is 0 Å². The summed E-state index contributed by atoms with van der Waals surface area (Å²) in [6, 6.07) is 7.48.